The van der Waals surface area contributed by atoms with Crippen LogP contribution < -0.4 is 11.5 Å². The maximum absolute atomic E-state index is 10.2. The van der Waals surface area contributed by atoms with Gasteiger partial charge in [-0.3, -0.25) is 9.59 Å². The smallest absolute Gasteiger partial charge is 0.213 e. The summed E-state index contributed by atoms with van der Waals surface area (Å²) in [5.74, 6) is -1.21. The molecule has 0 bridgehead atoms. The van der Waals surface area contributed by atoms with Crippen LogP contribution in [0, 0.1) is 0 Å². The normalized spacial score (nSPS) is 8.75. The van der Waals surface area contributed by atoms with Crippen molar-refractivity contribution in [2.75, 3.05) is 13.1 Å². The van der Waals surface area contributed by atoms with Gasteiger partial charge in [0.2, 0.25) is 11.6 Å². The fourth-order valence-electron chi connectivity index (χ4n) is 0.228. The highest BCUT2D eigenvalue weighted by molar-refractivity contribution is 6.38. The van der Waals surface area contributed by atoms with Gasteiger partial charge in [-0.05, 0) is 0 Å². The second kappa shape index (κ2) is 3.29. The lowest BCUT2D eigenvalue weighted by Crippen LogP contribution is -2.28. The van der Waals surface area contributed by atoms with E-state index < -0.39 is 11.6 Å². The van der Waals surface area contributed by atoms with E-state index >= 15 is 0 Å². The molecule has 0 aromatic rings. The molecule has 46 valence electrons. The first-order valence-electron chi connectivity index (χ1n) is 2.18. The predicted molar refractivity (Wildman–Crippen MR) is 28.1 cm³/mol. The second-order valence-electron chi connectivity index (χ2n) is 1.25. The summed E-state index contributed by atoms with van der Waals surface area (Å²) in [6, 6.07) is 0. The molecule has 0 aliphatic heterocycles. The maximum atomic E-state index is 10.2. The Bertz CT molecular complexity index is 96.6. The minimum Gasteiger partial charge on any atom is -0.324 e. The molecule has 0 atom stereocenters. The molecule has 0 saturated heterocycles. The van der Waals surface area contributed by atoms with E-state index in [2.05, 4.69) is 0 Å². The predicted octanol–water partition coefficient (Wildman–Crippen LogP) is -1.96. The Labute approximate surface area is 46.8 Å². The first-order chi connectivity index (χ1) is 3.72. The number of hydrogen-bond acceptors (Lipinski definition) is 4. The van der Waals surface area contributed by atoms with Gasteiger partial charge in [0, 0.05) is 0 Å². The first kappa shape index (κ1) is 7.26. The molecular weight excluding hydrogens is 108 g/mol. The number of nitrogens with two attached hydrogens (primary N) is 2. The maximum Gasteiger partial charge on any atom is 0.213 e. The van der Waals surface area contributed by atoms with Gasteiger partial charge >= 0.3 is 0 Å². The molecule has 0 saturated carbocycles. The molecule has 0 heterocycles. The molecule has 4 N–H and O–H groups in total. The quantitative estimate of drug-likeness (QED) is 0.419. The molecule has 4 nitrogen and oxygen atoms in total. The van der Waals surface area contributed by atoms with Crippen LogP contribution in [0.2, 0.25) is 0 Å². The topological polar surface area (TPSA) is 86.2 Å². The highest BCUT2D eigenvalue weighted by Crippen LogP contribution is 1.67. The average molecular weight is 116 g/mol. The van der Waals surface area contributed by atoms with E-state index in [4.69, 9.17) is 11.5 Å². The zero-order chi connectivity index (χ0) is 6.57. The average Bonchev–Trinajstić information content (AvgIpc) is 1.84. The van der Waals surface area contributed by atoms with Gasteiger partial charge < -0.3 is 11.5 Å². The summed E-state index contributed by atoms with van der Waals surface area (Å²) in [6.07, 6.45) is 0. The largest absolute Gasteiger partial charge is 0.324 e. The van der Waals surface area contributed by atoms with E-state index in [1.165, 1.54) is 0 Å². The van der Waals surface area contributed by atoms with Crippen molar-refractivity contribution in [2.24, 2.45) is 11.5 Å². The van der Waals surface area contributed by atoms with Gasteiger partial charge in [0.25, 0.3) is 0 Å². The van der Waals surface area contributed by atoms with Crippen molar-refractivity contribution in [3.63, 3.8) is 0 Å². The van der Waals surface area contributed by atoms with E-state index in [1.54, 1.807) is 0 Å². The molecular formula is C4H8N2O2. The van der Waals surface area contributed by atoms with Crippen molar-refractivity contribution in [3.05, 3.63) is 0 Å². The van der Waals surface area contributed by atoms with Crippen molar-refractivity contribution in [2.45, 2.75) is 0 Å². The van der Waals surface area contributed by atoms with Crippen LogP contribution in [0.3, 0.4) is 0 Å². The van der Waals surface area contributed by atoms with Crippen LogP contribution in [0.25, 0.3) is 0 Å². The standard InChI is InChI=1S/C4H8N2O2/c5-1-3(7)4(8)2-6/h1-2,5-6H2. The first-order valence-corrected chi connectivity index (χ1v) is 2.18. The third kappa shape index (κ3) is 1.81. The van der Waals surface area contributed by atoms with Gasteiger partial charge in [-0.25, -0.2) is 0 Å². The van der Waals surface area contributed by atoms with Crippen LogP contribution in [0.15, 0.2) is 0 Å². The summed E-state index contributed by atoms with van der Waals surface area (Å²) in [5, 5.41) is 0. The van der Waals surface area contributed by atoms with Crippen LogP contribution in [0.1, 0.15) is 0 Å². The molecule has 0 aromatic carbocycles. The number of rotatable bonds is 3. The summed E-state index contributed by atoms with van der Waals surface area (Å²) >= 11 is 0. The van der Waals surface area contributed by atoms with Crippen molar-refractivity contribution < 1.29 is 9.59 Å². The Morgan fingerprint density at radius 2 is 1.25 bits per heavy atom. The minimum atomic E-state index is -0.604. The Kier molecular flexibility index (Phi) is 2.98. The van der Waals surface area contributed by atoms with Crippen molar-refractivity contribution in [1.82, 2.24) is 0 Å². The molecule has 0 rings (SSSR count). The van der Waals surface area contributed by atoms with Gasteiger partial charge in [-0.2, -0.15) is 0 Å². The third-order valence-electron chi connectivity index (χ3n) is 0.682. The number of carbonyl (C=O) groups is 2. The van der Waals surface area contributed by atoms with Crippen molar-refractivity contribution in [3.8, 4) is 0 Å². The molecule has 0 spiro atoms. The lowest BCUT2D eigenvalue weighted by molar-refractivity contribution is -0.134. The van der Waals surface area contributed by atoms with E-state index in [0.29, 0.717) is 0 Å². The van der Waals surface area contributed by atoms with Gasteiger partial charge in [-0.15, -0.1) is 0 Å². The molecule has 0 radical (unpaired) electrons. The minimum absolute atomic E-state index is 0.240. The van der Waals surface area contributed by atoms with Crippen molar-refractivity contribution in [1.29, 1.82) is 0 Å². The number of hydrogen-bond donors (Lipinski definition) is 2. The zero-order valence-corrected chi connectivity index (χ0v) is 4.39. The SMILES string of the molecule is NCC(=O)C(=O)CN. The molecule has 0 fully saturated rings. The second-order valence-corrected chi connectivity index (χ2v) is 1.25. The summed E-state index contributed by atoms with van der Waals surface area (Å²) in [5.41, 5.74) is 9.65. The summed E-state index contributed by atoms with van der Waals surface area (Å²) in [4.78, 5) is 20.4. The lowest BCUT2D eigenvalue weighted by Gasteiger charge is -1.88. The van der Waals surface area contributed by atoms with Gasteiger partial charge in [0.05, 0.1) is 13.1 Å². The Hall–Kier alpha value is -0.740. The van der Waals surface area contributed by atoms with Crippen LogP contribution in [0.5, 0.6) is 0 Å². The molecule has 0 aliphatic carbocycles. The van der Waals surface area contributed by atoms with Crippen LogP contribution in [-0.2, 0) is 9.59 Å². The summed E-state index contributed by atoms with van der Waals surface area (Å²) in [7, 11) is 0. The van der Waals surface area contributed by atoms with E-state index in [9.17, 15) is 9.59 Å². The third-order valence-corrected chi connectivity index (χ3v) is 0.682. The van der Waals surface area contributed by atoms with Gasteiger partial charge in [-0.1, -0.05) is 0 Å². The van der Waals surface area contributed by atoms with Crippen LogP contribution >= 0.6 is 0 Å². The summed E-state index contributed by atoms with van der Waals surface area (Å²) < 4.78 is 0. The fourth-order valence-corrected chi connectivity index (χ4v) is 0.228. The van der Waals surface area contributed by atoms with Crippen LogP contribution in [0.4, 0.5) is 0 Å². The molecule has 0 unspecified atom stereocenters. The monoisotopic (exact) mass is 116 g/mol. The van der Waals surface area contributed by atoms with Gasteiger partial charge in [0.1, 0.15) is 0 Å². The van der Waals surface area contributed by atoms with E-state index in [-0.39, 0.29) is 13.1 Å². The Balaban J connectivity index is 3.64. The molecule has 8 heavy (non-hydrogen) atoms. The van der Waals surface area contributed by atoms with E-state index in [0.717, 1.165) is 0 Å². The Morgan fingerprint density at radius 1 is 1.00 bits per heavy atom. The Morgan fingerprint density at radius 3 is 1.38 bits per heavy atom. The summed E-state index contributed by atoms with van der Waals surface area (Å²) in [6.45, 7) is -0.480. The molecule has 0 amide bonds. The number of Topliss-reactive ketones (excluding diaryl/α,β-unsaturated/α-hetero) is 2. The lowest BCUT2D eigenvalue weighted by atomic mass is 10.3. The fraction of sp³-hybridized carbons (Fsp3) is 0.500. The van der Waals surface area contributed by atoms with Crippen molar-refractivity contribution >= 4 is 11.6 Å². The highest BCUT2D eigenvalue weighted by Gasteiger charge is 2.06. The zero-order valence-electron chi connectivity index (χ0n) is 4.39. The highest BCUT2D eigenvalue weighted by atomic mass is 16.2. The number of carbonyl (C=O) groups excluding carboxylic acids is 2. The number of ketones is 2. The van der Waals surface area contributed by atoms with E-state index in [1.807, 2.05) is 0 Å². The van der Waals surface area contributed by atoms with Crippen LogP contribution in [-0.4, -0.2) is 24.7 Å². The molecule has 0 aromatic heterocycles. The molecule has 4 heteroatoms. The molecule has 0 aliphatic rings. The van der Waals surface area contributed by atoms with Gasteiger partial charge in [0.15, 0.2) is 0 Å².